The molecule has 6 nitrogen and oxygen atoms in total. The fourth-order valence-corrected chi connectivity index (χ4v) is 4.03. The monoisotopic (exact) mass is 356 g/mol. The van der Waals surface area contributed by atoms with Crippen LogP contribution >= 0.6 is 0 Å². The van der Waals surface area contributed by atoms with Crippen molar-refractivity contribution in [3.63, 3.8) is 0 Å². The fraction of sp³-hybridized carbons (Fsp3) is 0.278. The number of hydrogen-bond acceptors (Lipinski definition) is 5. The second-order valence-corrected chi connectivity index (χ2v) is 7.76. The van der Waals surface area contributed by atoms with Crippen molar-refractivity contribution in [2.75, 3.05) is 5.32 Å². The maximum atomic E-state index is 12.5. The van der Waals surface area contributed by atoms with Gasteiger partial charge in [0.25, 0.3) is 0 Å². The molecule has 1 aliphatic rings. The van der Waals surface area contributed by atoms with E-state index in [4.69, 9.17) is 4.18 Å². The van der Waals surface area contributed by atoms with Crippen molar-refractivity contribution in [1.82, 2.24) is 9.97 Å². The summed E-state index contributed by atoms with van der Waals surface area (Å²) < 4.78 is 30.1. The Morgan fingerprint density at radius 3 is 2.64 bits per heavy atom. The van der Waals surface area contributed by atoms with Gasteiger partial charge in [0, 0.05) is 17.8 Å². The summed E-state index contributed by atoms with van der Waals surface area (Å²) in [5.41, 5.74) is 2.30. The van der Waals surface area contributed by atoms with Crippen LogP contribution in [0.3, 0.4) is 0 Å². The summed E-state index contributed by atoms with van der Waals surface area (Å²) in [6.07, 6.45) is 7.43. The lowest BCUT2D eigenvalue weighted by atomic mass is 10.2. The molecule has 1 fully saturated rings. The van der Waals surface area contributed by atoms with Gasteiger partial charge < -0.3 is 14.5 Å². The first kappa shape index (κ1) is 16.0. The number of aromatic amines is 1. The standard InChI is InChI=1S/C18H18N3O3S/c22-25(23,24-15-7-10-17-18(11-15)20-12-19-17)16-8-5-14(6-9-16)21-13-3-1-2-4-13/h5-11,13,21H,1-4H2,(H,19,20). The van der Waals surface area contributed by atoms with Crippen molar-refractivity contribution in [1.29, 1.82) is 0 Å². The molecule has 3 aromatic rings. The number of nitrogens with one attached hydrogen (secondary N) is 2. The van der Waals surface area contributed by atoms with Gasteiger partial charge in [0.1, 0.15) is 10.6 Å². The highest BCUT2D eigenvalue weighted by Crippen LogP contribution is 2.25. The van der Waals surface area contributed by atoms with E-state index >= 15 is 0 Å². The van der Waals surface area contributed by atoms with Crippen molar-refractivity contribution >= 4 is 26.8 Å². The van der Waals surface area contributed by atoms with Gasteiger partial charge in [-0.15, -0.1) is 0 Å². The van der Waals surface area contributed by atoms with Crippen LogP contribution in [0.4, 0.5) is 5.69 Å². The average molecular weight is 356 g/mol. The summed E-state index contributed by atoms with van der Waals surface area (Å²) >= 11 is 0. The number of anilines is 1. The molecule has 2 aromatic carbocycles. The van der Waals surface area contributed by atoms with Crippen LogP contribution in [-0.4, -0.2) is 24.4 Å². The molecule has 129 valence electrons. The highest BCUT2D eigenvalue weighted by atomic mass is 32.2. The van der Waals surface area contributed by atoms with E-state index < -0.39 is 10.1 Å². The van der Waals surface area contributed by atoms with Crippen LogP contribution in [0, 0.1) is 6.33 Å². The third-order valence-electron chi connectivity index (χ3n) is 4.41. The Labute approximate surface area is 146 Å². The van der Waals surface area contributed by atoms with Crippen LogP contribution in [0.1, 0.15) is 25.7 Å². The van der Waals surface area contributed by atoms with Crippen molar-refractivity contribution in [3.05, 3.63) is 48.8 Å². The number of aromatic nitrogens is 2. The van der Waals surface area contributed by atoms with E-state index in [0.29, 0.717) is 11.6 Å². The van der Waals surface area contributed by atoms with Gasteiger partial charge in [0.2, 0.25) is 0 Å². The molecular weight excluding hydrogens is 338 g/mol. The zero-order chi connectivity index (χ0) is 17.3. The predicted molar refractivity (Wildman–Crippen MR) is 95.1 cm³/mol. The number of fused-ring (bicyclic) bond motifs is 1. The first-order chi connectivity index (χ1) is 12.1. The summed E-state index contributed by atoms with van der Waals surface area (Å²) in [4.78, 5) is 6.93. The van der Waals surface area contributed by atoms with Crippen LogP contribution in [0.25, 0.3) is 11.0 Å². The number of nitrogens with zero attached hydrogens (tertiary/aromatic N) is 1. The summed E-state index contributed by atoms with van der Waals surface area (Å²) in [6.45, 7) is 0. The van der Waals surface area contributed by atoms with Gasteiger partial charge in [-0.3, -0.25) is 0 Å². The van der Waals surface area contributed by atoms with E-state index in [2.05, 4.69) is 21.6 Å². The van der Waals surface area contributed by atoms with E-state index in [9.17, 15) is 8.42 Å². The van der Waals surface area contributed by atoms with Crippen molar-refractivity contribution in [3.8, 4) is 5.75 Å². The molecule has 1 heterocycles. The van der Waals surface area contributed by atoms with Crippen molar-refractivity contribution in [2.45, 2.75) is 36.6 Å². The summed E-state index contributed by atoms with van der Waals surface area (Å²) in [5, 5.41) is 3.44. The molecule has 0 bridgehead atoms. The van der Waals surface area contributed by atoms with E-state index in [-0.39, 0.29) is 10.6 Å². The fourth-order valence-electron chi connectivity index (χ4n) is 3.11. The van der Waals surface area contributed by atoms with Crippen molar-refractivity contribution < 1.29 is 12.6 Å². The zero-order valence-electron chi connectivity index (χ0n) is 13.5. The molecule has 0 saturated heterocycles. The Kier molecular flexibility index (Phi) is 4.09. The third kappa shape index (κ3) is 3.46. The molecule has 1 saturated carbocycles. The van der Waals surface area contributed by atoms with Crippen molar-refractivity contribution in [2.24, 2.45) is 0 Å². The second-order valence-electron chi connectivity index (χ2n) is 6.22. The highest BCUT2D eigenvalue weighted by molar-refractivity contribution is 7.87. The Balaban J connectivity index is 1.50. The Hall–Kier alpha value is -2.54. The number of imidazole rings is 1. The predicted octanol–water partition coefficient (Wildman–Crippen LogP) is 3.49. The lowest BCUT2D eigenvalue weighted by Crippen LogP contribution is -2.14. The molecule has 2 N–H and O–H groups in total. The van der Waals surface area contributed by atoms with Crippen LogP contribution in [0.2, 0.25) is 0 Å². The van der Waals surface area contributed by atoms with Crippen LogP contribution < -0.4 is 9.50 Å². The topological polar surface area (TPSA) is 84.1 Å². The molecule has 4 rings (SSSR count). The molecule has 1 aromatic heterocycles. The third-order valence-corrected chi connectivity index (χ3v) is 5.67. The van der Waals surface area contributed by atoms with E-state index in [0.717, 1.165) is 24.0 Å². The lowest BCUT2D eigenvalue weighted by molar-refractivity contribution is 0.486. The molecular formula is C18H18N3O3S. The largest absolute Gasteiger partial charge is 0.382 e. The van der Waals surface area contributed by atoms with E-state index in [1.807, 2.05) is 0 Å². The van der Waals surface area contributed by atoms with E-state index in [1.165, 1.54) is 12.8 Å². The molecule has 0 spiro atoms. The molecule has 0 atom stereocenters. The summed E-state index contributed by atoms with van der Waals surface area (Å²) in [5.74, 6) is 0.223. The van der Waals surface area contributed by atoms with Crippen LogP contribution in [-0.2, 0) is 10.1 Å². The molecule has 1 radical (unpaired) electrons. The number of benzene rings is 2. The number of H-pyrrole nitrogens is 1. The summed E-state index contributed by atoms with van der Waals surface area (Å²) in [6, 6.07) is 12.0. The molecule has 25 heavy (non-hydrogen) atoms. The Bertz CT molecular complexity index is 974. The van der Waals surface area contributed by atoms with Crippen LogP contribution in [0.15, 0.2) is 47.4 Å². The molecule has 0 unspecified atom stereocenters. The maximum absolute atomic E-state index is 12.5. The Morgan fingerprint density at radius 1 is 1.12 bits per heavy atom. The molecule has 7 heteroatoms. The minimum atomic E-state index is -3.89. The second kappa shape index (κ2) is 6.40. The Morgan fingerprint density at radius 2 is 1.88 bits per heavy atom. The van der Waals surface area contributed by atoms with Gasteiger partial charge in [-0.2, -0.15) is 8.42 Å². The van der Waals surface area contributed by atoms with Gasteiger partial charge in [0.05, 0.1) is 11.0 Å². The zero-order valence-corrected chi connectivity index (χ0v) is 14.3. The maximum Gasteiger partial charge on any atom is 0.339 e. The highest BCUT2D eigenvalue weighted by Gasteiger charge is 2.18. The van der Waals surface area contributed by atoms with Gasteiger partial charge >= 0.3 is 10.1 Å². The van der Waals surface area contributed by atoms with Crippen LogP contribution in [0.5, 0.6) is 5.75 Å². The van der Waals surface area contributed by atoms with Gasteiger partial charge in [-0.25, -0.2) is 4.98 Å². The lowest BCUT2D eigenvalue weighted by Gasteiger charge is -2.14. The molecule has 0 amide bonds. The van der Waals surface area contributed by atoms with E-state index in [1.54, 1.807) is 42.5 Å². The minimum Gasteiger partial charge on any atom is -0.382 e. The van der Waals surface area contributed by atoms with Gasteiger partial charge in [-0.05, 0) is 49.2 Å². The number of rotatable bonds is 5. The van der Waals surface area contributed by atoms with Gasteiger partial charge in [-0.1, -0.05) is 12.8 Å². The number of hydrogen-bond donors (Lipinski definition) is 2. The average Bonchev–Trinajstić information content (AvgIpc) is 3.26. The minimum absolute atomic E-state index is 0.123. The smallest absolute Gasteiger partial charge is 0.339 e. The molecule has 0 aliphatic heterocycles. The molecule has 1 aliphatic carbocycles. The first-order valence-electron chi connectivity index (χ1n) is 8.27. The SMILES string of the molecule is O=S(=O)(Oc1ccc2[nH][c]nc2c1)c1ccc(NC2CCCC2)cc1. The summed E-state index contributed by atoms with van der Waals surface area (Å²) in [7, 11) is -3.89. The van der Waals surface area contributed by atoms with Gasteiger partial charge in [0.15, 0.2) is 6.33 Å². The normalized spacial score (nSPS) is 15.5. The quantitative estimate of drug-likeness (QED) is 0.684. The first-order valence-corrected chi connectivity index (χ1v) is 9.68.